The molecule has 1 saturated carbocycles. The van der Waals surface area contributed by atoms with E-state index in [9.17, 15) is 0 Å². The third-order valence-electron chi connectivity index (χ3n) is 4.70. The number of hydrogen-bond donors (Lipinski definition) is 1. The zero-order valence-corrected chi connectivity index (χ0v) is 13.6. The van der Waals surface area contributed by atoms with E-state index < -0.39 is 0 Å². The Morgan fingerprint density at radius 1 is 1.17 bits per heavy atom. The Bertz CT molecular complexity index is 228. The van der Waals surface area contributed by atoms with Gasteiger partial charge in [0.15, 0.2) is 0 Å². The van der Waals surface area contributed by atoms with E-state index in [-0.39, 0.29) is 5.54 Å². The molecule has 1 nitrogen and oxygen atoms in total. The Morgan fingerprint density at radius 2 is 1.83 bits per heavy atom. The van der Waals surface area contributed by atoms with Crippen LogP contribution in [0.1, 0.15) is 73.6 Å². The largest absolute Gasteiger partial charge is 0.312 e. The summed E-state index contributed by atoms with van der Waals surface area (Å²) in [7, 11) is 0. The summed E-state index contributed by atoms with van der Waals surface area (Å²) >= 11 is 0. The zero-order chi connectivity index (χ0) is 13.8. The summed E-state index contributed by atoms with van der Waals surface area (Å²) < 4.78 is 0. The molecule has 0 aromatic carbocycles. The van der Waals surface area contributed by atoms with Crippen molar-refractivity contribution in [1.29, 1.82) is 0 Å². The molecule has 0 aromatic heterocycles. The van der Waals surface area contributed by atoms with Gasteiger partial charge in [-0.1, -0.05) is 33.6 Å². The van der Waals surface area contributed by atoms with Crippen molar-refractivity contribution in [3.05, 3.63) is 0 Å². The molecule has 4 atom stereocenters. The lowest BCUT2D eigenvalue weighted by Crippen LogP contribution is -2.42. The molecule has 0 aromatic rings. The first-order chi connectivity index (χ1) is 8.31. The van der Waals surface area contributed by atoms with Gasteiger partial charge in [-0.15, -0.1) is 0 Å². The highest BCUT2D eigenvalue weighted by atomic mass is 14.9. The molecule has 4 unspecified atom stereocenters. The van der Waals surface area contributed by atoms with Gasteiger partial charge in [0.2, 0.25) is 0 Å². The molecule has 1 rings (SSSR count). The summed E-state index contributed by atoms with van der Waals surface area (Å²) in [6.07, 6.45) is 7.11. The lowest BCUT2D eigenvalue weighted by atomic mass is 9.71. The van der Waals surface area contributed by atoms with Gasteiger partial charge < -0.3 is 5.32 Å². The highest BCUT2D eigenvalue weighted by Gasteiger charge is 2.29. The fraction of sp³-hybridized carbons (Fsp3) is 1.00. The van der Waals surface area contributed by atoms with Gasteiger partial charge in [-0.05, 0) is 70.3 Å². The standard InChI is InChI=1S/C17H35N/c1-7-13(2)10-16-11-14(3)8-9-15(16)12-18-17(4,5)6/h13-16,18H,7-12H2,1-6H3. The normalized spacial score (nSPS) is 31.3. The maximum absolute atomic E-state index is 3.73. The van der Waals surface area contributed by atoms with E-state index in [1.165, 1.54) is 38.6 Å². The first kappa shape index (κ1) is 16.0. The zero-order valence-electron chi connectivity index (χ0n) is 13.6. The van der Waals surface area contributed by atoms with Crippen molar-refractivity contribution >= 4 is 0 Å². The van der Waals surface area contributed by atoms with E-state index in [0.717, 1.165) is 23.7 Å². The molecular formula is C17H35N. The lowest BCUT2D eigenvalue weighted by molar-refractivity contribution is 0.149. The van der Waals surface area contributed by atoms with Crippen LogP contribution < -0.4 is 5.32 Å². The third kappa shape index (κ3) is 5.73. The lowest BCUT2D eigenvalue weighted by Gasteiger charge is -2.38. The smallest absolute Gasteiger partial charge is 0.00966 e. The Kier molecular flexibility index (Phi) is 6.17. The highest BCUT2D eigenvalue weighted by molar-refractivity contribution is 4.83. The van der Waals surface area contributed by atoms with Crippen molar-refractivity contribution in [2.75, 3.05) is 6.54 Å². The maximum Gasteiger partial charge on any atom is 0.00966 e. The summed E-state index contributed by atoms with van der Waals surface area (Å²) in [5.74, 6) is 3.72. The Labute approximate surface area is 115 Å². The predicted octanol–water partition coefficient (Wildman–Crippen LogP) is 4.86. The number of nitrogens with one attached hydrogen (secondary N) is 1. The van der Waals surface area contributed by atoms with Crippen LogP contribution in [-0.4, -0.2) is 12.1 Å². The second-order valence-corrected chi connectivity index (χ2v) is 7.82. The first-order valence-electron chi connectivity index (χ1n) is 8.06. The van der Waals surface area contributed by atoms with Crippen LogP contribution in [0.25, 0.3) is 0 Å². The maximum atomic E-state index is 3.73. The van der Waals surface area contributed by atoms with Crippen molar-refractivity contribution in [1.82, 2.24) is 5.32 Å². The van der Waals surface area contributed by atoms with E-state index in [1.54, 1.807) is 0 Å². The van der Waals surface area contributed by atoms with Crippen LogP contribution >= 0.6 is 0 Å². The molecular weight excluding hydrogens is 218 g/mol. The number of hydrogen-bond acceptors (Lipinski definition) is 1. The Hall–Kier alpha value is -0.0400. The Morgan fingerprint density at radius 3 is 2.39 bits per heavy atom. The summed E-state index contributed by atoms with van der Waals surface area (Å²) in [4.78, 5) is 0. The third-order valence-corrected chi connectivity index (χ3v) is 4.70. The van der Waals surface area contributed by atoms with E-state index in [4.69, 9.17) is 0 Å². The van der Waals surface area contributed by atoms with Crippen LogP contribution in [0.3, 0.4) is 0 Å². The minimum Gasteiger partial charge on any atom is -0.312 e. The fourth-order valence-corrected chi connectivity index (χ4v) is 3.24. The predicted molar refractivity (Wildman–Crippen MR) is 81.8 cm³/mol. The van der Waals surface area contributed by atoms with Gasteiger partial charge in [-0.3, -0.25) is 0 Å². The molecule has 0 bridgehead atoms. The van der Waals surface area contributed by atoms with Crippen molar-refractivity contribution in [2.45, 2.75) is 79.2 Å². The van der Waals surface area contributed by atoms with E-state index in [0.29, 0.717) is 0 Å². The summed E-state index contributed by atoms with van der Waals surface area (Å²) in [5.41, 5.74) is 0.268. The first-order valence-corrected chi connectivity index (χ1v) is 8.06. The molecule has 1 fully saturated rings. The van der Waals surface area contributed by atoms with Crippen LogP contribution in [0.2, 0.25) is 0 Å². The number of rotatable bonds is 5. The summed E-state index contributed by atoms with van der Waals surface area (Å²) in [5, 5.41) is 3.73. The Balaban J connectivity index is 2.50. The topological polar surface area (TPSA) is 12.0 Å². The minimum absolute atomic E-state index is 0.268. The molecule has 108 valence electrons. The minimum atomic E-state index is 0.268. The molecule has 0 amide bonds. The van der Waals surface area contributed by atoms with Gasteiger partial charge >= 0.3 is 0 Å². The molecule has 1 heteroatoms. The van der Waals surface area contributed by atoms with Crippen molar-refractivity contribution in [2.24, 2.45) is 23.7 Å². The van der Waals surface area contributed by atoms with E-state index in [1.807, 2.05) is 0 Å². The van der Waals surface area contributed by atoms with Crippen LogP contribution in [0.4, 0.5) is 0 Å². The molecule has 1 aliphatic rings. The van der Waals surface area contributed by atoms with Gasteiger partial charge in [-0.2, -0.15) is 0 Å². The monoisotopic (exact) mass is 253 g/mol. The second kappa shape index (κ2) is 6.93. The van der Waals surface area contributed by atoms with Gasteiger partial charge in [0.05, 0.1) is 0 Å². The van der Waals surface area contributed by atoms with E-state index >= 15 is 0 Å². The second-order valence-electron chi connectivity index (χ2n) is 7.82. The van der Waals surface area contributed by atoms with E-state index in [2.05, 4.69) is 46.9 Å². The molecule has 1 N–H and O–H groups in total. The average molecular weight is 253 g/mol. The van der Waals surface area contributed by atoms with Gasteiger partial charge in [-0.25, -0.2) is 0 Å². The molecule has 0 saturated heterocycles. The van der Waals surface area contributed by atoms with Gasteiger partial charge in [0, 0.05) is 5.54 Å². The SMILES string of the molecule is CCC(C)CC1CC(C)CCC1CNC(C)(C)C. The molecule has 0 aliphatic heterocycles. The van der Waals surface area contributed by atoms with Crippen LogP contribution in [0.15, 0.2) is 0 Å². The quantitative estimate of drug-likeness (QED) is 0.737. The van der Waals surface area contributed by atoms with Crippen molar-refractivity contribution in [3.63, 3.8) is 0 Å². The molecule has 1 aliphatic carbocycles. The fourth-order valence-electron chi connectivity index (χ4n) is 3.24. The summed E-state index contributed by atoms with van der Waals surface area (Å²) in [6, 6.07) is 0. The van der Waals surface area contributed by atoms with Crippen molar-refractivity contribution < 1.29 is 0 Å². The van der Waals surface area contributed by atoms with Crippen LogP contribution in [0, 0.1) is 23.7 Å². The van der Waals surface area contributed by atoms with Crippen LogP contribution in [-0.2, 0) is 0 Å². The summed E-state index contributed by atoms with van der Waals surface area (Å²) in [6.45, 7) is 15.3. The molecule has 0 heterocycles. The highest BCUT2D eigenvalue weighted by Crippen LogP contribution is 2.37. The van der Waals surface area contributed by atoms with Gasteiger partial charge in [0.1, 0.15) is 0 Å². The van der Waals surface area contributed by atoms with Gasteiger partial charge in [0.25, 0.3) is 0 Å². The molecule has 18 heavy (non-hydrogen) atoms. The molecule has 0 radical (unpaired) electrons. The average Bonchev–Trinajstić information content (AvgIpc) is 2.26. The molecule has 0 spiro atoms. The van der Waals surface area contributed by atoms with Crippen molar-refractivity contribution in [3.8, 4) is 0 Å². The van der Waals surface area contributed by atoms with Crippen LogP contribution in [0.5, 0.6) is 0 Å².